The van der Waals surface area contributed by atoms with Gasteiger partial charge in [-0.1, -0.05) is 15.9 Å². The van der Waals surface area contributed by atoms with E-state index < -0.39 is 10.0 Å². The lowest BCUT2D eigenvalue weighted by Crippen LogP contribution is -2.46. The van der Waals surface area contributed by atoms with Gasteiger partial charge in [0, 0.05) is 47.3 Å². The fraction of sp³-hybridized carbons (Fsp3) is 0.250. The molecule has 2 heterocycles. The summed E-state index contributed by atoms with van der Waals surface area (Å²) < 4.78 is 34.5. The van der Waals surface area contributed by atoms with E-state index in [1.54, 1.807) is 35.2 Å². The Morgan fingerprint density at radius 2 is 1.83 bits per heavy atom. The molecule has 9 heteroatoms. The Morgan fingerprint density at radius 3 is 2.52 bits per heavy atom. The summed E-state index contributed by atoms with van der Waals surface area (Å²) in [5.74, 6) is 0.159. The van der Waals surface area contributed by atoms with E-state index in [9.17, 15) is 13.2 Å². The third-order valence-electron chi connectivity index (χ3n) is 4.91. The van der Waals surface area contributed by atoms with Crippen molar-refractivity contribution in [1.29, 1.82) is 0 Å². The van der Waals surface area contributed by atoms with Crippen molar-refractivity contribution in [2.75, 3.05) is 30.9 Å². The maximum Gasteiger partial charge on any atom is 0.289 e. The molecule has 29 heavy (non-hydrogen) atoms. The van der Waals surface area contributed by atoms with E-state index >= 15 is 0 Å². The van der Waals surface area contributed by atoms with Crippen LogP contribution in [0.4, 0.5) is 5.69 Å². The third kappa shape index (κ3) is 4.03. The third-order valence-corrected chi connectivity index (χ3v) is 6.84. The predicted molar refractivity (Wildman–Crippen MR) is 115 cm³/mol. The minimum Gasteiger partial charge on any atom is -0.451 e. The lowest BCUT2D eigenvalue weighted by atomic mass is 10.1. The van der Waals surface area contributed by atoms with Gasteiger partial charge in [0.05, 0.1) is 4.90 Å². The molecular weight excluding hydrogens is 458 g/mol. The molecule has 152 valence electrons. The number of hydrogen-bond donors (Lipinski definition) is 2. The van der Waals surface area contributed by atoms with Crippen molar-refractivity contribution in [2.45, 2.75) is 11.8 Å². The summed E-state index contributed by atoms with van der Waals surface area (Å²) in [5, 5.41) is 3.92. The second-order valence-electron chi connectivity index (χ2n) is 6.87. The van der Waals surface area contributed by atoms with Crippen LogP contribution in [0.25, 0.3) is 11.0 Å². The molecule has 3 aromatic rings. The van der Waals surface area contributed by atoms with Crippen LogP contribution in [0.15, 0.2) is 56.2 Å². The minimum absolute atomic E-state index is 0.141. The topological polar surface area (TPSA) is 91.7 Å². The molecule has 1 saturated heterocycles. The fourth-order valence-corrected chi connectivity index (χ4v) is 4.64. The van der Waals surface area contributed by atoms with E-state index in [2.05, 4.69) is 26.0 Å². The van der Waals surface area contributed by atoms with E-state index in [4.69, 9.17) is 4.42 Å². The summed E-state index contributed by atoms with van der Waals surface area (Å²) >= 11 is 3.30. The second-order valence-corrected chi connectivity index (χ2v) is 9.47. The van der Waals surface area contributed by atoms with Crippen molar-refractivity contribution in [3.05, 3.63) is 58.3 Å². The van der Waals surface area contributed by atoms with Crippen molar-refractivity contribution >= 4 is 48.5 Å². The zero-order valence-electron chi connectivity index (χ0n) is 15.7. The average molecular weight is 478 g/mol. The Kier molecular flexibility index (Phi) is 5.37. The highest BCUT2D eigenvalue weighted by molar-refractivity contribution is 9.10. The standard InChI is InChI=1S/C20H20BrN3O4S/c1-13-17-12-15(23-29(26,27)16-5-2-14(21)3-6-16)4-7-18(17)28-19(13)20(25)24-10-8-22-9-11-24/h2-7,12,22-23H,8-11H2,1H3. The van der Waals surface area contributed by atoms with Gasteiger partial charge in [-0.25, -0.2) is 8.42 Å². The summed E-state index contributed by atoms with van der Waals surface area (Å²) in [6.07, 6.45) is 0. The van der Waals surface area contributed by atoms with Crippen LogP contribution in [0.2, 0.25) is 0 Å². The Balaban J connectivity index is 1.63. The first-order valence-corrected chi connectivity index (χ1v) is 11.4. The van der Waals surface area contributed by atoms with Gasteiger partial charge in [0.1, 0.15) is 5.58 Å². The molecule has 0 spiro atoms. The van der Waals surface area contributed by atoms with Gasteiger partial charge in [-0.3, -0.25) is 9.52 Å². The average Bonchev–Trinajstić information content (AvgIpc) is 3.04. The smallest absolute Gasteiger partial charge is 0.289 e. The number of fused-ring (bicyclic) bond motifs is 1. The number of piperazine rings is 1. The molecule has 1 aliphatic rings. The molecular formula is C20H20BrN3O4S. The Morgan fingerprint density at radius 1 is 1.14 bits per heavy atom. The number of rotatable bonds is 4. The normalized spacial score (nSPS) is 14.9. The molecule has 1 amide bonds. The highest BCUT2D eigenvalue weighted by Crippen LogP contribution is 2.30. The van der Waals surface area contributed by atoms with Crippen LogP contribution < -0.4 is 10.0 Å². The van der Waals surface area contributed by atoms with E-state index in [0.717, 1.165) is 17.6 Å². The molecule has 0 unspecified atom stereocenters. The van der Waals surface area contributed by atoms with Crippen LogP contribution in [-0.2, 0) is 10.0 Å². The molecule has 7 nitrogen and oxygen atoms in total. The van der Waals surface area contributed by atoms with E-state index in [1.165, 1.54) is 12.1 Å². The number of carbonyl (C=O) groups excluding carboxylic acids is 1. The predicted octanol–water partition coefficient (Wildman–Crippen LogP) is 3.35. The Bertz CT molecular complexity index is 1170. The highest BCUT2D eigenvalue weighted by Gasteiger charge is 2.25. The molecule has 2 aromatic carbocycles. The fourth-order valence-electron chi connectivity index (χ4n) is 3.33. The number of halogens is 1. The molecule has 2 N–H and O–H groups in total. The summed E-state index contributed by atoms with van der Waals surface area (Å²) in [6.45, 7) is 4.59. The molecule has 0 atom stereocenters. The number of benzene rings is 2. The number of hydrogen-bond acceptors (Lipinski definition) is 5. The van der Waals surface area contributed by atoms with Gasteiger partial charge in [-0.05, 0) is 49.4 Å². The van der Waals surface area contributed by atoms with Crippen LogP contribution in [0.5, 0.6) is 0 Å². The van der Waals surface area contributed by atoms with Gasteiger partial charge in [0.15, 0.2) is 5.76 Å². The van der Waals surface area contributed by atoms with E-state index in [-0.39, 0.29) is 10.8 Å². The van der Waals surface area contributed by atoms with E-state index in [0.29, 0.717) is 41.1 Å². The summed E-state index contributed by atoms with van der Waals surface area (Å²) in [6, 6.07) is 11.4. The number of nitrogens with one attached hydrogen (secondary N) is 2. The van der Waals surface area contributed by atoms with Crippen LogP contribution >= 0.6 is 15.9 Å². The van der Waals surface area contributed by atoms with Gasteiger partial charge in [-0.2, -0.15) is 0 Å². The Hall–Kier alpha value is -2.36. The van der Waals surface area contributed by atoms with Gasteiger partial charge in [0.2, 0.25) is 0 Å². The number of carbonyl (C=O) groups is 1. The van der Waals surface area contributed by atoms with Gasteiger partial charge >= 0.3 is 0 Å². The summed E-state index contributed by atoms with van der Waals surface area (Å²) in [4.78, 5) is 14.7. The number of aryl methyl sites for hydroxylation is 1. The van der Waals surface area contributed by atoms with Crippen molar-refractivity contribution in [3.8, 4) is 0 Å². The largest absolute Gasteiger partial charge is 0.451 e. The number of furan rings is 1. The molecule has 0 radical (unpaired) electrons. The zero-order chi connectivity index (χ0) is 20.6. The van der Waals surface area contributed by atoms with Crippen LogP contribution in [0.1, 0.15) is 16.1 Å². The molecule has 4 rings (SSSR count). The van der Waals surface area contributed by atoms with Crippen molar-refractivity contribution in [1.82, 2.24) is 10.2 Å². The highest BCUT2D eigenvalue weighted by atomic mass is 79.9. The van der Waals surface area contributed by atoms with Crippen molar-refractivity contribution < 1.29 is 17.6 Å². The lowest BCUT2D eigenvalue weighted by molar-refractivity contribution is 0.0705. The van der Waals surface area contributed by atoms with Crippen LogP contribution in [-0.4, -0.2) is 45.4 Å². The van der Waals surface area contributed by atoms with Crippen molar-refractivity contribution in [3.63, 3.8) is 0 Å². The first-order valence-electron chi connectivity index (χ1n) is 9.17. The van der Waals surface area contributed by atoms with Crippen LogP contribution in [0, 0.1) is 6.92 Å². The molecule has 0 bridgehead atoms. The zero-order valence-corrected chi connectivity index (χ0v) is 18.1. The summed E-state index contributed by atoms with van der Waals surface area (Å²) in [7, 11) is -3.72. The van der Waals surface area contributed by atoms with Crippen molar-refractivity contribution in [2.24, 2.45) is 0 Å². The summed E-state index contributed by atoms with van der Waals surface area (Å²) in [5.41, 5.74) is 1.66. The van der Waals surface area contributed by atoms with Gasteiger partial charge < -0.3 is 14.6 Å². The van der Waals surface area contributed by atoms with Crippen LogP contribution in [0.3, 0.4) is 0 Å². The maximum absolute atomic E-state index is 12.8. The first kappa shape index (κ1) is 19.9. The first-order chi connectivity index (χ1) is 13.8. The monoisotopic (exact) mass is 477 g/mol. The number of nitrogens with zero attached hydrogens (tertiary/aromatic N) is 1. The SMILES string of the molecule is Cc1c(C(=O)N2CCNCC2)oc2ccc(NS(=O)(=O)c3ccc(Br)cc3)cc12. The van der Waals surface area contributed by atoms with Gasteiger partial charge in [0.25, 0.3) is 15.9 Å². The molecule has 1 aliphatic heterocycles. The molecule has 1 aromatic heterocycles. The van der Waals surface area contributed by atoms with E-state index in [1.807, 2.05) is 6.92 Å². The number of anilines is 1. The molecule has 0 saturated carbocycles. The number of sulfonamides is 1. The Labute approximate surface area is 177 Å². The molecule has 1 fully saturated rings. The lowest BCUT2D eigenvalue weighted by Gasteiger charge is -2.26. The molecule has 0 aliphatic carbocycles. The quantitative estimate of drug-likeness (QED) is 0.600. The minimum atomic E-state index is -3.72. The maximum atomic E-state index is 12.8. The van der Waals surface area contributed by atoms with Gasteiger partial charge in [-0.15, -0.1) is 0 Å². The number of amides is 1. The second kappa shape index (κ2) is 7.81.